The van der Waals surface area contributed by atoms with E-state index in [0.717, 1.165) is 5.56 Å². The van der Waals surface area contributed by atoms with Crippen molar-refractivity contribution in [2.24, 2.45) is 0 Å². The monoisotopic (exact) mass is 516 g/mol. The second kappa shape index (κ2) is 12.9. The molecule has 0 aliphatic carbocycles. The van der Waals surface area contributed by atoms with Gasteiger partial charge in [0.2, 0.25) is 17.7 Å². The number of benzene rings is 2. The van der Waals surface area contributed by atoms with Crippen molar-refractivity contribution in [2.45, 2.75) is 26.3 Å². The Morgan fingerprint density at radius 1 is 1.03 bits per heavy atom. The van der Waals surface area contributed by atoms with Gasteiger partial charge in [0.25, 0.3) is 5.91 Å². The molecule has 0 saturated heterocycles. The van der Waals surface area contributed by atoms with E-state index in [1.54, 1.807) is 30.3 Å². The Bertz CT molecular complexity index is 1130. The maximum atomic E-state index is 13.5. The first-order valence-corrected chi connectivity index (χ1v) is 11.9. The lowest BCUT2D eigenvalue weighted by Crippen LogP contribution is -2.44. The van der Waals surface area contributed by atoms with E-state index in [0.29, 0.717) is 18.0 Å². The number of carbonyl (C=O) groups is 4. The van der Waals surface area contributed by atoms with Crippen molar-refractivity contribution in [3.8, 4) is 5.75 Å². The quantitative estimate of drug-likeness (QED) is 0.494. The first-order chi connectivity index (χ1) is 17.3. The van der Waals surface area contributed by atoms with Crippen molar-refractivity contribution in [2.75, 3.05) is 38.3 Å². The second-order valence-corrected chi connectivity index (χ2v) is 8.41. The van der Waals surface area contributed by atoms with Crippen LogP contribution >= 0.6 is 11.6 Å². The van der Waals surface area contributed by atoms with Gasteiger partial charge < -0.3 is 14.4 Å². The number of para-hydroxylation sites is 1. The molecule has 2 N–H and O–H groups in total. The summed E-state index contributed by atoms with van der Waals surface area (Å²) < 4.78 is 10.3. The zero-order valence-electron chi connectivity index (χ0n) is 20.2. The molecule has 10 nitrogen and oxygen atoms in total. The number of anilines is 1. The van der Waals surface area contributed by atoms with Gasteiger partial charge in [-0.25, -0.2) is 0 Å². The Labute approximate surface area is 214 Å². The van der Waals surface area contributed by atoms with E-state index in [4.69, 9.17) is 21.1 Å². The number of hydrogen-bond donors (Lipinski definition) is 2. The molecule has 1 aliphatic rings. The molecule has 0 saturated carbocycles. The molecule has 36 heavy (non-hydrogen) atoms. The lowest BCUT2D eigenvalue weighted by Gasteiger charge is -2.23. The van der Waals surface area contributed by atoms with E-state index in [1.165, 1.54) is 16.9 Å². The summed E-state index contributed by atoms with van der Waals surface area (Å²) in [4.78, 5) is 53.3. The number of halogens is 1. The molecular formula is C25H29ClN4O6. The highest BCUT2D eigenvalue weighted by Crippen LogP contribution is 2.30. The van der Waals surface area contributed by atoms with E-state index in [1.807, 2.05) is 19.1 Å². The average Bonchev–Trinajstić information content (AvgIpc) is 3.01. The summed E-state index contributed by atoms with van der Waals surface area (Å²) in [5.74, 6) is -1.02. The van der Waals surface area contributed by atoms with Crippen LogP contribution in [0.2, 0.25) is 5.02 Å². The van der Waals surface area contributed by atoms with Crippen LogP contribution in [0.5, 0.6) is 5.75 Å². The number of ether oxygens (including phenoxy) is 2. The summed E-state index contributed by atoms with van der Waals surface area (Å²) in [6.45, 7) is 2.67. The molecule has 0 aromatic heterocycles. The van der Waals surface area contributed by atoms with Gasteiger partial charge >= 0.3 is 0 Å². The normalized spacial score (nSPS) is 13.0. The number of fused-ring (bicyclic) bond motifs is 1. The summed E-state index contributed by atoms with van der Waals surface area (Å²) in [6, 6.07) is 12.0. The lowest BCUT2D eigenvalue weighted by atomic mass is 10.1. The van der Waals surface area contributed by atoms with Crippen molar-refractivity contribution in [3.63, 3.8) is 0 Å². The minimum Gasteiger partial charge on any atom is -0.494 e. The SMILES string of the molecule is CCOc1ccc(C(=O)N2CC(=O)N(CCC(=O)NNC(=O)CCOC)Cc3ccccc32)c(Cl)c1. The summed E-state index contributed by atoms with van der Waals surface area (Å²) in [6.07, 6.45) is 0.0809. The molecule has 0 spiro atoms. The molecule has 3 rings (SSSR count). The molecule has 0 radical (unpaired) electrons. The van der Waals surface area contributed by atoms with Crippen molar-refractivity contribution in [1.82, 2.24) is 15.8 Å². The molecule has 2 aromatic carbocycles. The first-order valence-electron chi connectivity index (χ1n) is 11.5. The molecule has 192 valence electrons. The number of methoxy groups -OCH3 is 1. The third-order valence-electron chi connectivity index (χ3n) is 5.50. The van der Waals surface area contributed by atoms with Crippen molar-refractivity contribution in [3.05, 3.63) is 58.6 Å². The minimum absolute atomic E-state index is 0.0306. The van der Waals surface area contributed by atoms with Gasteiger partial charge in [0.1, 0.15) is 12.3 Å². The first kappa shape index (κ1) is 27.0. The topological polar surface area (TPSA) is 117 Å². The molecule has 2 aromatic rings. The fourth-order valence-electron chi connectivity index (χ4n) is 3.67. The van der Waals surface area contributed by atoms with E-state index in [-0.39, 0.29) is 61.5 Å². The number of hydrogen-bond acceptors (Lipinski definition) is 6. The van der Waals surface area contributed by atoms with Gasteiger partial charge in [-0.15, -0.1) is 0 Å². The van der Waals surface area contributed by atoms with Crippen LogP contribution < -0.4 is 20.5 Å². The molecule has 1 heterocycles. The smallest absolute Gasteiger partial charge is 0.260 e. The fraction of sp³-hybridized carbons (Fsp3) is 0.360. The van der Waals surface area contributed by atoms with Crippen molar-refractivity contribution >= 4 is 40.9 Å². The standard InChI is InChI=1S/C25H29ClN4O6/c1-3-36-18-8-9-19(20(26)14-18)25(34)30-16-24(33)29(15-17-6-4-5-7-21(17)30)12-10-22(31)27-28-23(32)11-13-35-2/h4-9,14H,3,10-13,15-16H2,1-2H3,(H,27,31)(H,28,32). The summed E-state index contributed by atoms with van der Waals surface area (Å²) >= 11 is 6.37. The summed E-state index contributed by atoms with van der Waals surface area (Å²) in [5, 5.41) is 0.223. The third-order valence-corrected chi connectivity index (χ3v) is 5.81. The van der Waals surface area contributed by atoms with Crippen LogP contribution in [0.1, 0.15) is 35.7 Å². The van der Waals surface area contributed by atoms with Gasteiger partial charge in [0.15, 0.2) is 0 Å². The Hall–Kier alpha value is -3.63. The van der Waals surface area contributed by atoms with E-state index >= 15 is 0 Å². The molecule has 1 aliphatic heterocycles. The van der Waals surface area contributed by atoms with Gasteiger partial charge in [-0.3, -0.25) is 34.9 Å². The summed E-state index contributed by atoms with van der Waals surface area (Å²) in [7, 11) is 1.48. The molecular weight excluding hydrogens is 488 g/mol. The zero-order chi connectivity index (χ0) is 26.1. The van der Waals surface area contributed by atoms with Gasteiger partial charge in [-0.1, -0.05) is 29.8 Å². The number of rotatable bonds is 9. The third kappa shape index (κ3) is 6.96. The van der Waals surface area contributed by atoms with Crippen LogP contribution in [0.3, 0.4) is 0 Å². The Morgan fingerprint density at radius 2 is 1.75 bits per heavy atom. The van der Waals surface area contributed by atoms with E-state index in [2.05, 4.69) is 10.9 Å². The maximum absolute atomic E-state index is 13.5. The Kier molecular flexibility index (Phi) is 9.66. The van der Waals surface area contributed by atoms with Gasteiger partial charge in [0.05, 0.1) is 30.2 Å². The molecule has 0 fully saturated rings. The van der Waals surface area contributed by atoms with Crippen LogP contribution in [0.15, 0.2) is 42.5 Å². The zero-order valence-corrected chi connectivity index (χ0v) is 21.0. The molecule has 0 unspecified atom stereocenters. The fourth-order valence-corrected chi connectivity index (χ4v) is 3.93. The Balaban J connectivity index is 1.71. The van der Waals surface area contributed by atoms with Crippen LogP contribution in [-0.2, 0) is 25.7 Å². The summed E-state index contributed by atoms with van der Waals surface area (Å²) in [5.41, 5.74) is 6.23. The van der Waals surface area contributed by atoms with E-state index in [9.17, 15) is 19.2 Å². The number of amides is 4. The minimum atomic E-state index is -0.444. The average molecular weight is 517 g/mol. The van der Waals surface area contributed by atoms with Crippen LogP contribution in [0.4, 0.5) is 5.69 Å². The maximum Gasteiger partial charge on any atom is 0.260 e. The van der Waals surface area contributed by atoms with Gasteiger partial charge in [-0.2, -0.15) is 0 Å². The highest BCUT2D eigenvalue weighted by atomic mass is 35.5. The lowest BCUT2D eigenvalue weighted by molar-refractivity contribution is -0.132. The molecule has 0 bridgehead atoms. The van der Waals surface area contributed by atoms with Gasteiger partial charge in [0, 0.05) is 32.3 Å². The number of nitrogens with one attached hydrogen (secondary N) is 2. The number of nitrogens with zero attached hydrogens (tertiary/aromatic N) is 2. The molecule has 0 atom stereocenters. The van der Waals surface area contributed by atoms with Crippen LogP contribution in [0.25, 0.3) is 0 Å². The molecule has 11 heteroatoms. The molecule has 4 amide bonds. The van der Waals surface area contributed by atoms with Crippen LogP contribution in [-0.4, -0.2) is 61.9 Å². The highest BCUT2D eigenvalue weighted by Gasteiger charge is 2.30. The van der Waals surface area contributed by atoms with Crippen molar-refractivity contribution < 1.29 is 28.7 Å². The second-order valence-electron chi connectivity index (χ2n) is 8.00. The largest absolute Gasteiger partial charge is 0.494 e. The van der Waals surface area contributed by atoms with E-state index < -0.39 is 11.8 Å². The number of carbonyl (C=O) groups excluding carboxylic acids is 4. The van der Waals surface area contributed by atoms with Crippen LogP contribution in [0, 0.1) is 0 Å². The predicted molar refractivity (Wildman–Crippen MR) is 134 cm³/mol. The Morgan fingerprint density at radius 3 is 2.44 bits per heavy atom. The van der Waals surface area contributed by atoms with Gasteiger partial charge in [-0.05, 0) is 36.8 Å². The number of hydrazine groups is 1. The van der Waals surface area contributed by atoms with Crippen molar-refractivity contribution in [1.29, 1.82) is 0 Å². The highest BCUT2D eigenvalue weighted by molar-refractivity contribution is 6.34. The predicted octanol–water partition coefficient (Wildman–Crippen LogP) is 2.30.